The van der Waals surface area contributed by atoms with Crippen LogP contribution in [0.5, 0.6) is 0 Å². The summed E-state index contributed by atoms with van der Waals surface area (Å²) in [5.74, 6) is 0. The Kier molecular flexibility index (Phi) is 4.50. The predicted octanol–water partition coefficient (Wildman–Crippen LogP) is 3.52. The summed E-state index contributed by atoms with van der Waals surface area (Å²) in [7, 11) is -3.83. The average Bonchev–Trinajstić information content (AvgIpc) is 3.15. The largest absolute Gasteiger partial charge is 0.306 e. The van der Waals surface area contributed by atoms with Crippen molar-refractivity contribution >= 4 is 15.9 Å². The van der Waals surface area contributed by atoms with Gasteiger partial charge in [-0.2, -0.15) is 5.26 Å². The number of nitriles is 1. The van der Waals surface area contributed by atoms with Gasteiger partial charge in [0.2, 0.25) is 9.84 Å². The molecule has 0 aliphatic carbocycles. The molecular formula is C19H15N3O2S. The minimum atomic E-state index is -3.83. The molecule has 0 spiro atoms. The second kappa shape index (κ2) is 6.75. The van der Waals surface area contributed by atoms with Crippen LogP contribution in [0.1, 0.15) is 11.1 Å². The van der Waals surface area contributed by atoms with Gasteiger partial charge in [-0.05, 0) is 42.8 Å². The van der Waals surface area contributed by atoms with Crippen LogP contribution in [0, 0.1) is 18.3 Å². The van der Waals surface area contributed by atoms with E-state index >= 15 is 0 Å². The van der Waals surface area contributed by atoms with Gasteiger partial charge in [0.1, 0.15) is 11.0 Å². The van der Waals surface area contributed by atoms with Crippen LogP contribution in [0.15, 0.2) is 77.1 Å². The number of benzene rings is 2. The molecule has 1 heterocycles. The Morgan fingerprint density at radius 1 is 1.12 bits per heavy atom. The molecule has 3 aromatic rings. The third-order valence-electron chi connectivity index (χ3n) is 3.72. The Labute approximate surface area is 146 Å². The number of sulfone groups is 1. The summed E-state index contributed by atoms with van der Waals surface area (Å²) in [6, 6.07) is 15.4. The van der Waals surface area contributed by atoms with Gasteiger partial charge in [0.15, 0.2) is 0 Å². The third kappa shape index (κ3) is 3.52. The minimum absolute atomic E-state index is 0.112. The van der Waals surface area contributed by atoms with Gasteiger partial charge in [0.25, 0.3) is 0 Å². The van der Waals surface area contributed by atoms with E-state index in [9.17, 15) is 13.7 Å². The summed E-state index contributed by atoms with van der Waals surface area (Å²) < 4.78 is 27.1. The molecule has 0 N–H and O–H groups in total. The number of nitrogens with zero attached hydrogens (tertiary/aromatic N) is 3. The minimum Gasteiger partial charge on any atom is -0.306 e. The topological polar surface area (TPSA) is 75.8 Å². The van der Waals surface area contributed by atoms with Crippen LogP contribution in [-0.2, 0) is 9.84 Å². The third-order valence-corrected chi connectivity index (χ3v) is 5.41. The lowest BCUT2D eigenvalue weighted by Gasteiger charge is -2.05. The second-order valence-electron chi connectivity index (χ2n) is 5.50. The maximum Gasteiger partial charge on any atom is 0.216 e. The number of aryl methyl sites for hydroxylation is 1. The Morgan fingerprint density at radius 2 is 1.80 bits per heavy atom. The van der Waals surface area contributed by atoms with Gasteiger partial charge in [-0.15, -0.1) is 0 Å². The molecular weight excluding hydrogens is 334 g/mol. The Hall–Kier alpha value is -3.17. The van der Waals surface area contributed by atoms with Crippen molar-refractivity contribution in [2.75, 3.05) is 0 Å². The van der Waals surface area contributed by atoms with Crippen molar-refractivity contribution in [1.82, 2.24) is 9.55 Å². The first-order valence-corrected chi connectivity index (χ1v) is 9.01. The summed E-state index contributed by atoms with van der Waals surface area (Å²) in [5, 5.41) is 9.33. The summed E-state index contributed by atoms with van der Waals surface area (Å²) in [5.41, 5.74) is 2.49. The molecule has 3 rings (SSSR count). The fraction of sp³-hybridized carbons (Fsp3) is 0.0526. The highest BCUT2D eigenvalue weighted by Crippen LogP contribution is 2.22. The van der Waals surface area contributed by atoms with Crippen molar-refractivity contribution in [3.63, 3.8) is 0 Å². The van der Waals surface area contributed by atoms with E-state index < -0.39 is 9.84 Å². The average molecular weight is 349 g/mol. The molecule has 0 fully saturated rings. The second-order valence-corrected chi connectivity index (χ2v) is 7.42. The van der Waals surface area contributed by atoms with Crippen LogP contribution in [-0.4, -0.2) is 18.0 Å². The van der Waals surface area contributed by atoms with Gasteiger partial charge in [-0.25, -0.2) is 13.4 Å². The van der Waals surface area contributed by atoms with E-state index in [0.717, 1.165) is 11.3 Å². The monoisotopic (exact) mass is 349 g/mol. The fourth-order valence-electron chi connectivity index (χ4n) is 2.32. The van der Waals surface area contributed by atoms with Gasteiger partial charge in [0, 0.05) is 18.1 Å². The van der Waals surface area contributed by atoms with Gasteiger partial charge in [0.05, 0.1) is 11.2 Å². The number of allylic oxidation sites excluding steroid dienone is 1. The number of hydrogen-bond acceptors (Lipinski definition) is 4. The summed E-state index contributed by atoms with van der Waals surface area (Å²) in [6.45, 7) is 1.87. The molecule has 0 aliphatic heterocycles. The van der Waals surface area contributed by atoms with Crippen molar-refractivity contribution in [3.8, 4) is 11.8 Å². The van der Waals surface area contributed by atoms with Crippen LogP contribution in [0.2, 0.25) is 0 Å². The lowest BCUT2D eigenvalue weighted by atomic mass is 10.2. The predicted molar refractivity (Wildman–Crippen MR) is 95.5 cm³/mol. The van der Waals surface area contributed by atoms with Gasteiger partial charge in [-0.1, -0.05) is 29.8 Å². The molecule has 6 heteroatoms. The Bertz CT molecular complexity index is 1040. The van der Waals surface area contributed by atoms with Crippen LogP contribution >= 0.6 is 0 Å². The van der Waals surface area contributed by atoms with E-state index in [1.807, 2.05) is 29.8 Å². The molecule has 25 heavy (non-hydrogen) atoms. The maximum absolute atomic E-state index is 12.6. The van der Waals surface area contributed by atoms with Crippen LogP contribution in [0.4, 0.5) is 0 Å². The van der Waals surface area contributed by atoms with Crippen LogP contribution in [0.3, 0.4) is 0 Å². The lowest BCUT2D eigenvalue weighted by molar-refractivity contribution is 0.603. The summed E-state index contributed by atoms with van der Waals surface area (Å²) in [4.78, 5) is 3.81. The quantitative estimate of drug-likeness (QED) is 0.675. The first-order valence-electron chi connectivity index (χ1n) is 7.53. The van der Waals surface area contributed by atoms with E-state index in [0.29, 0.717) is 5.56 Å². The highest BCUT2D eigenvalue weighted by molar-refractivity contribution is 7.95. The van der Waals surface area contributed by atoms with Gasteiger partial charge >= 0.3 is 0 Å². The van der Waals surface area contributed by atoms with E-state index in [-0.39, 0.29) is 9.80 Å². The molecule has 1 aromatic heterocycles. The fourth-order valence-corrected chi connectivity index (χ4v) is 3.48. The highest BCUT2D eigenvalue weighted by atomic mass is 32.2. The standard InChI is InChI=1S/C19H15N3O2S/c1-15-2-8-18(9-3-15)25(23,24)19(13-20)12-16-4-6-17(7-5-16)22-11-10-21-14-22/h2-12,14H,1H3/b19-12+. The highest BCUT2D eigenvalue weighted by Gasteiger charge is 2.20. The van der Waals surface area contributed by atoms with Crippen LogP contribution < -0.4 is 0 Å². The molecule has 0 atom stereocenters. The van der Waals surface area contributed by atoms with Crippen molar-refractivity contribution in [2.45, 2.75) is 11.8 Å². The molecule has 2 aromatic carbocycles. The zero-order valence-electron chi connectivity index (χ0n) is 13.5. The maximum atomic E-state index is 12.6. The molecule has 0 amide bonds. The SMILES string of the molecule is Cc1ccc(S(=O)(=O)/C(C#N)=C/c2ccc(-n3ccnc3)cc2)cc1. The smallest absolute Gasteiger partial charge is 0.216 e. The zero-order valence-corrected chi connectivity index (χ0v) is 14.3. The first kappa shape index (κ1) is 16.7. The lowest BCUT2D eigenvalue weighted by Crippen LogP contribution is -2.03. The van der Waals surface area contributed by atoms with Crippen molar-refractivity contribution in [1.29, 1.82) is 5.26 Å². The van der Waals surface area contributed by atoms with Crippen molar-refractivity contribution < 1.29 is 8.42 Å². The normalized spacial score (nSPS) is 11.9. The summed E-state index contributed by atoms with van der Waals surface area (Å²) in [6.07, 6.45) is 6.55. The van der Waals surface area contributed by atoms with Crippen molar-refractivity contribution in [3.05, 3.63) is 83.3 Å². The van der Waals surface area contributed by atoms with Gasteiger partial charge < -0.3 is 4.57 Å². The van der Waals surface area contributed by atoms with Crippen LogP contribution in [0.25, 0.3) is 11.8 Å². The molecule has 0 radical (unpaired) electrons. The molecule has 0 bridgehead atoms. The number of hydrogen-bond donors (Lipinski definition) is 0. The Morgan fingerprint density at radius 3 is 2.36 bits per heavy atom. The molecule has 0 aliphatic rings. The van der Waals surface area contributed by atoms with E-state index in [4.69, 9.17) is 0 Å². The van der Waals surface area contributed by atoms with E-state index in [1.165, 1.54) is 18.2 Å². The van der Waals surface area contributed by atoms with E-state index in [2.05, 4.69) is 4.98 Å². The summed E-state index contributed by atoms with van der Waals surface area (Å²) >= 11 is 0. The number of rotatable bonds is 4. The number of imidazole rings is 1. The molecule has 0 saturated carbocycles. The van der Waals surface area contributed by atoms with E-state index in [1.54, 1.807) is 42.9 Å². The Balaban J connectivity index is 1.95. The van der Waals surface area contributed by atoms with Gasteiger partial charge in [-0.3, -0.25) is 0 Å². The number of aromatic nitrogens is 2. The first-order chi connectivity index (χ1) is 12.0. The molecule has 0 unspecified atom stereocenters. The molecule has 124 valence electrons. The zero-order chi connectivity index (χ0) is 17.9. The molecule has 5 nitrogen and oxygen atoms in total. The molecule has 0 saturated heterocycles. The van der Waals surface area contributed by atoms with Crippen molar-refractivity contribution in [2.24, 2.45) is 0 Å².